The number of benzene rings is 2. The molecule has 0 unspecified atom stereocenters. The summed E-state index contributed by atoms with van der Waals surface area (Å²) in [7, 11) is 0. The van der Waals surface area contributed by atoms with Gasteiger partial charge in [0.15, 0.2) is 0 Å². The van der Waals surface area contributed by atoms with E-state index in [1.54, 1.807) is 23.1 Å². The third-order valence-electron chi connectivity index (χ3n) is 5.80. The monoisotopic (exact) mass is 435 g/mol. The SMILES string of the molecule is N#Cc1ccccc1CSCCNC(=O)C1(Cc2nc3ccccc3s2)CCCC1. The van der Waals surface area contributed by atoms with Crippen molar-refractivity contribution in [1.82, 2.24) is 10.3 Å². The zero-order valence-corrected chi connectivity index (χ0v) is 18.5. The number of carbonyl (C=O) groups is 1. The number of nitrogens with zero attached hydrogens (tertiary/aromatic N) is 2. The fraction of sp³-hybridized carbons (Fsp3) is 0.375. The molecule has 1 saturated carbocycles. The van der Waals surface area contributed by atoms with Gasteiger partial charge in [0.05, 0.1) is 32.3 Å². The molecule has 1 aliphatic carbocycles. The molecule has 6 heteroatoms. The molecule has 2 aromatic carbocycles. The van der Waals surface area contributed by atoms with Crippen molar-refractivity contribution in [2.75, 3.05) is 12.3 Å². The molecule has 1 fully saturated rings. The van der Waals surface area contributed by atoms with Gasteiger partial charge in [0.1, 0.15) is 0 Å². The number of thiazole rings is 1. The minimum Gasteiger partial charge on any atom is -0.355 e. The maximum Gasteiger partial charge on any atom is 0.226 e. The fourth-order valence-corrected chi connectivity index (χ4v) is 6.16. The molecule has 3 aromatic rings. The molecule has 1 N–H and O–H groups in total. The number of fused-ring (bicyclic) bond motifs is 1. The number of nitrogens with one attached hydrogen (secondary N) is 1. The molecule has 0 atom stereocenters. The summed E-state index contributed by atoms with van der Waals surface area (Å²) < 4.78 is 1.19. The van der Waals surface area contributed by atoms with E-state index in [0.717, 1.165) is 65.3 Å². The average molecular weight is 436 g/mol. The molecule has 1 amide bonds. The van der Waals surface area contributed by atoms with Crippen LogP contribution in [0, 0.1) is 16.7 Å². The third-order valence-corrected chi connectivity index (χ3v) is 7.84. The van der Waals surface area contributed by atoms with Crippen LogP contribution in [-0.2, 0) is 17.0 Å². The van der Waals surface area contributed by atoms with Crippen molar-refractivity contribution >= 4 is 39.2 Å². The molecule has 154 valence electrons. The van der Waals surface area contributed by atoms with Crippen LogP contribution in [0.3, 0.4) is 0 Å². The van der Waals surface area contributed by atoms with E-state index in [-0.39, 0.29) is 11.3 Å². The Balaban J connectivity index is 1.32. The Morgan fingerprint density at radius 3 is 2.73 bits per heavy atom. The van der Waals surface area contributed by atoms with E-state index in [2.05, 4.69) is 17.5 Å². The van der Waals surface area contributed by atoms with Crippen LogP contribution < -0.4 is 5.32 Å². The zero-order chi connectivity index (χ0) is 20.8. The highest BCUT2D eigenvalue weighted by Gasteiger charge is 2.41. The highest BCUT2D eigenvalue weighted by Crippen LogP contribution is 2.42. The Morgan fingerprint density at radius 2 is 1.93 bits per heavy atom. The van der Waals surface area contributed by atoms with Gasteiger partial charge in [-0.1, -0.05) is 43.2 Å². The average Bonchev–Trinajstić information content (AvgIpc) is 3.41. The van der Waals surface area contributed by atoms with E-state index < -0.39 is 0 Å². The van der Waals surface area contributed by atoms with E-state index in [1.807, 2.05) is 42.5 Å². The second-order valence-electron chi connectivity index (χ2n) is 7.82. The van der Waals surface area contributed by atoms with Crippen molar-refractivity contribution in [3.63, 3.8) is 0 Å². The highest BCUT2D eigenvalue weighted by molar-refractivity contribution is 7.98. The molecule has 0 aliphatic heterocycles. The number of hydrogen-bond donors (Lipinski definition) is 1. The molecule has 0 spiro atoms. The van der Waals surface area contributed by atoms with Crippen molar-refractivity contribution in [2.45, 2.75) is 37.9 Å². The van der Waals surface area contributed by atoms with Gasteiger partial charge in [-0.2, -0.15) is 17.0 Å². The number of nitriles is 1. The third kappa shape index (κ3) is 4.69. The van der Waals surface area contributed by atoms with Crippen molar-refractivity contribution in [2.24, 2.45) is 5.41 Å². The number of para-hydroxylation sites is 1. The molecule has 1 aromatic heterocycles. The maximum atomic E-state index is 13.1. The van der Waals surface area contributed by atoms with Gasteiger partial charge in [0.25, 0.3) is 0 Å². The summed E-state index contributed by atoms with van der Waals surface area (Å²) in [6.07, 6.45) is 4.84. The summed E-state index contributed by atoms with van der Waals surface area (Å²) in [6.45, 7) is 0.653. The predicted molar refractivity (Wildman–Crippen MR) is 125 cm³/mol. The zero-order valence-electron chi connectivity index (χ0n) is 16.9. The van der Waals surface area contributed by atoms with Crippen molar-refractivity contribution in [3.05, 3.63) is 64.7 Å². The molecule has 0 saturated heterocycles. The molecular formula is C24H25N3OS2. The second kappa shape index (κ2) is 9.63. The first-order valence-electron chi connectivity index (χ1n) is 10.4. The molecule has 1 aliphatic rings. The topological polar surface area (TPSA) is 65.8 Å². The first kappa shape index (κ1) is 20.9. The van der Waals surface area contributed by atoms with Crippen molar-refractivity contribution < 1.29 is 4.79 Å². The van der Waals surface area contributed by atoms with Crippen LogP contribution in [0.25, 0.3) is 10.2 Å². The minimum atomic E-state index is -0.314. The van der Waals surface area contributed by atoms with Gasteiger partial charge < -0.3 is 5.32 Å². The first-order valence-corrected chi connectivity index (χ1v) is 12.4. The molecule has 4 nitrogen and oxygen atoms in total. The Hall–Kier alpha value is -2.36. The Bertz CT molecular complexity index is 1030. The van der Waals surface area contributed by atoms with Crippen LogP contribution in [0.4, 0.5) is 0 Å². The van der Waals surface area contributed by atoms with Crippen molar-refractivity contribution in [3.8, 4) is 6.07 Å². The van der Waals surface area contributed by atoms with Gasteiger partial charge in [-0.25, -0.2) is 4.98 Å². The van der Waals surface area contributed by atoms with Crippen LogP contribution in [0.2, 0.25) is 0 Å². The highest BCUT2D eigenvalue weighted by atomic mass is 32.2. The van der Waals surface area contributed by atoms with E-state index >= 15 is 0 Å². The van der Waals surface area contributed by atoms with Crippen molar-refractivity contribution in [1.29, 1.82) is 5.26 Å². The van der Waals surface area contributed by atoms with Gasteiger partial charge >= 0.3 is 0 Å². The number of hydrogen-bond acceptors (Lipinski definition) is 5. The molecule has 30 heavy (non-hydrogen) atoms. The lowest BCUT2D eigenvalue weighted by Gasteiger charge is -2.26. The molecule has 4 rings (SSSR count). The molecule has 0 bridgehead atoms. The van der Waals surface area contributed by atoms with E-state index in [4.69, 9.17) is 4.98 Å². The Morgan fingerprint density at radius 1 is 1.17 bits per heavy atom. The van der Waals surface area contributed by atoms with Crippen LogP contribution >= 0.6 is 23.1 Å². The molecule has 1 heterocycles. The van der Waals surface area contributed by atoms with Crippen LogP contribution in [-0.4, -0.2) is 23.2 Å². The lowest BCUT2D eigenvalue weighted by molar-refractivity contribution is -0.130. The van der Waals surface area contributed by atoms with Gasteiger partial charge in [0.2, 0.25) is 5.91 Å². The number of amides is 1. The lowest BCUT2D eigenvalue weighted by Crippen LogP contribution is -2.41. The summed E-state index contributed by atoms with van der Waals surface area (Å²) in [4.78, 5) is 17.9. The van der Waals surface area contributed by atoms with Crippen LogP contribution in [0.15, 0.2) is 48.5 Å². The summed E-state index contributed by atoms with van der Waals surface area (Å²) in [6, 6.07) is 18.1. The number of thioether (sulfide) groups is 1. The normalized spacial score (nSPS) is 15.2. The summed E-state index contributed by atoms with van der Waals surface area (Å²) in [5.74, 6) is 1.80. The second-order valence-corrected chi connectivity index (χ2v) is 10.0. The summed E-state index contributed by atoms with van der Waals surface area (Å²) in [5.41, 5.74) is 2.50. The Kier molecular flexibility index (Phi) is 6.71. The van der Waals surface area contributed by atoms with Gasteiger partial charge in [-0.15, -0.1) is 11.3 Å². The first-order chi connectivity index (χ1) is 14.7. The number of rotatable bonds is 8. The van der Waals surface area contributed by atoms with Gasteiger partial charge in [0, 0.05) is 24.5 Å². The molecular weight excluding hydrogens is 410 g/mol. The number of aromatic nitrogens is 1. The largest absolute Gasteiger partial charge is 0.355 e. The van der Waals surface area contributed by atoms with E-state index in [9.17, 15) is 10.1 Å². The van der Waals surface area contributed by atoms with Crippen LogP contribution in [0.1, 0.15) is 41.8 Å². The predicted octanol–water partition coefficient (Wildman–Crippen LogP) is 5.32. The summed E-state index contributed by atoms with van der Waals surface area (Å²) in [5, 5.41) is 13.4. The van der Waals surface area contributed by atoms with Crippen LogP contribution in [0.5, 0.6) is 0 Å². The lowest BCUT2D eigenvalue weighted by atomic mass is 9.82. The van der Waals surface area contributed by atoms with Gasteiger partial charge in [-0.05, 0) is 36.6 Å². The smallest absolute Gasteiger partial charge is 0.226 e. The fourth-order valence-electron chi connectivity index (χ4n) is 4.18. The summed E-state index contributed by atoms with van der Waals surface area (Å²) >= 11 is 3.46. The maximum absolute atomic E-state index is 13.1. The quantitative estimate of drug-likeness (QED) is 0.486. The van der Waals surface area contributed by atoms with E-state index in [0.29, 0.717) is 6.54 Å². The van der Waals surface area contributed by atoms with Gasteiger partial charge in [-0.3, -0.25) is 4.79 Å². The molecule has 0 radical (unpaired) electrons. The number of carbonyl (C=O) groups excluding carboxylic acids is 1. The standard InChI is InChI=1S/C24H25N3OS2/c25-16-18-7-1-2-8-19(18)17-29-14-13-26-23(28)24(11-5-6-12-24)15-22-27-20-9-3-4-10-21(20)30-22/h1-4,7-10H,5-6,11-15,17H2,(H,26,28). The Labute approximate surface area is 185 Å². The minimum absolute atomic E-state index is 0.178. The van der Waals surface area contributed by atoms with E-state index in [1.165, 1.54) is 4.70 Å².